The van der Waals surface area contributed by atoms with Gasteiger partial charge in [0.25, 0.3) is 0 Å². The van der Waals surface area contributed by atoms with Crippen LogP contribution >= 0.6 is 0 Å². The second kappa shape index (κ2) is 4.79. The predicted octanol–water partition coefficient (Wildman–Crippen LogP) is 1.31. The number of carbonyl (C=O) groups excluding carboxylic acids is 1. The van der Waals surface area contributed by atoms with E-state index >= 15 is 0 Å². The van der Waals surface area contributed by atoms with Crippen molar-refractivity contribution in [3.63, 3.8) is 0 Å². The molecule has 0 aliphatic carbocycles. The van der Waals surface area contributed by atoms with E-state index in [0.29, 0.717) is 18.4 Å². The molecule has 2 fully saturated rings. The first-order chi connectivity index (χ1) is 9.16. The molecular weight excluding hydrogens is 240 g/mol. The molecule has 0 aromatic carbocycles. The highest BCUT2D eigenvalue weighted by Crippen LogP contribution is 2.34. The standard InChI is InChI=1S/C14H20N4O/c1-10(2)9-18-11-3-6-17(12(11)7-14(18)19)13-8-15-4-5-16-13/h4-5,8,10-12H,3,6-7,9H2,1-2H3. The highest BCUT2D eigenvalue weighted by Gasteiger charge is 2.47. The SMILES string of the molecule is CC(C)CN1C(=O)CC2C1CCN2c1cnccn1. The van der Waals surface area contributed by atoms with Crippen molar-refractivity contribution in [3.05, 3.63) is 18.6 Å². The number of fused-ring (bicyclic) bond motifs is 1. The molecule has 3 rings (SSSR count). The summed E-state index contributed by atoms with van der Waals surface area (Å²) < 4.78 is 0. The van der Waals surface area contributed by atoms with E-state index in [-0.39, 0.29) is 11.9 Å². The maximum Gasteiger partial charge on any atom is 0.225 e. The van der Waals surface area contributed by atoms with Crippen molar-refractivity contribution in [2.75, 3.05) is 18.0 Å². The Labute approximate surface area is 113 Å². The number of aromatic nitrogens is 2. The maximum atomic E-state index is 12.2. The quantitative estimate of drug-likeness (QED) is 0.822. The number of rotatable bonds is 3. The van der Waals surface area contributed by atoms with Gasteiger partial charge in [-0.25, -0.2) is 4.98 Å². The first-order valence-corrected chi connectivity index (χ1v) is 6.99. The molecule has 102 valence electrons. The van der Waals surface area contributed by atoms with E-state index in [1.165, 1.54) is 0 Å². The summed E-state index contributed by atoms with van der Waals surface area (Å²) >= 11 is 0. The second-order valence-electron chi connectivity index (χ2n) is 5.82. The van der Waals surface area contributed by atoms with Gasteiger partial charge in [-0.2, -0.15) is 0 Å². The molecule has 2 aliphatic rings. The lowest BCUT2D eigenvalue weighted by atomic mass is 10.1. The molecule has 1 aromatic heterocycles. The highest BCUT2D eigenvalue weighted by atomic mass is 16.2. The fourth-order valence-electron chi connectivity index (χ4n) is 3.28. The molecule has 0 N–H and O–H groups in total. The fraction of sp³-hybridized carbons (Fsp3) is 0.643. The predicted molar refractivity (Wildman–Crippen MR) is 72.7 cm³/mol. The van der Waals surface area contributed by atoms with Crippen LogP contribution < -0.4 is 4.90 Å². The van der Waals surface area contributed by atoms with E-state index in [2.05, 4.69) is 33.6 Å². The minimum Gasteiger partial charge on any atom is -0.350 e. The van der Waals surface area contributed by atoms with Crippen LogP contribution in [0, 0.1) is 5.92 Å². The number of nitrogens with zero attached hydrogens (tertiary/aromatic N) is 4. The Morgan fingerprint density at radius 2 is 2.21 bits per heavy atom. The van der Waals surface area contributed by atoms with Crippen LogP contribution in [0.3, 0.4) is 0 Å². The summed E-state index contributed by atoms with van der Waals surface area (Å²) in [6.45, 7) is 6.16. The highest BCUT2D eigenvalue weighted by molar-refractivity contribution is 5.81. The number of amides is 1. The summed E-state index contributed by atoms with van der Waals surface area (Å²) in [4.78, 5) is 25.0. The van der Waals surface area contributed by atoms with Gasteiger partial charge in [0.2, 0.25) is 5.91 Å². The topological polar surface area (TPSA) is 49.3 Å². The lowest BCUT2D eigenvalue weighted by molar-refractivity contribution is -0.129. The average Bonchev–Trinajstić information content (AvgIpc) is 2.91. The van der Waals surface area contributed by atoms with Crippen LogP contribution in [-0.2, 0) is 4.79 Å². The Bertz CT molecular complexity index is 462. The van der Waals surface area contributed by atoms with Crippen LogP contribution in [0.5, 0.6) is 0 Å². The molecular formula is C14H20N4O. The Kier molecular flexibility index (Phi) is 3.12. The van der Waals surface area contributed by atoms with Gasteiger partial charge in [-0.05, 0) is 12.3 Å². The zero-order chi connectivity index (χ0) is 13.4. The molecule has 1 amide bonds. The number of likely N-dealkylation sites (tertiary alicyclic amines) is 1. The van der Waals surface area contributed by atoms with Crippen LogP contribution in [0.25, 0.3) is 0 Å². The Hall–Kier alpha value is -1.65. The van der Waals surface area contributed by atoms with Crippen LogP contribution in [-0.4, -0.2) is 45.9 Å². The molecule has 1 aromatic rings. The zero-order valence-electron chi connectivity index (χ0n) is 11.5. The number of hydrogen-bond acceptors (Lipinski definition) is 4. The number of anilines is 1. The summed E-state index contributed by atoms with van der Waals surface area (Å²) in [5.41, 5.74) is 0. The van der Waals surface area contributed by atoms with Gasteiger partial charge in [0.1, 0.15) is 5.82 Å². The van der Waals surface area contributed by atoms with Gasteiger partial charge in [-0.3, -0.25) is 9.78 Å². The van der Waals surface area contributed by atoms with Gasteiger partial charge in [-0.1, -0.05) is 13.8 Å². The van der Waals surface area contributed by atoms with Crippen molar-refractivity contribution >= 4 is 11.7 Å². The largest absolute Gasteiger partial charge is 0.350 e. The van der Waals surface area contributed by atoms with Crippen LogP contribution in [0.1, 0.15) is 26.7 Å². The van der Waals surface area contributed by atoms with Crippen LogP contribution in [0.15, 0.2) is 18.6 Å². The van der Waals surface area contributed by atoms with Crippen molar-refractivity contribution < 1.29 is 4.79 Å². The molecule has 5 nitrogen and oxygen atoms in total. The van der Waals surface area contributed by atoms with E-state index in [4.69, 9.17) is 0 Å². The Balaban J connectivity index is 1.79. The zero-order valence-corrected chi connectivity index (χ0v) is 11.5. The molecule has 2 atom stereocenters. The molecule has 2 unspecified atom stereocenters. The molecule has 3 heterocycles. The number of carbonyl (C=O) groups is 1. The van der Waals surface area contributed by atoms with Crippen molar-refractivity contribution in [3.8, 4) is 0 Å². The molecule has 0 spiro atoms. The van der Waals surface area contributed by atoms with Crippen molar-refractivity contribution in [2.45, 2.75) is 38.8 Å². The van der Waals surface area contributed by atoms with Crippen molar-refractivity contribution in [2.24, 2.45) is 5.92 Å². The van der Waals surface area contributed by atoms with Crippen molar-refractivity contribution in [1.29, 1.82) is 0 Å². The third-order valence-corrected chi connectivity index (χ3v) is 4.02. The van der Waals surface area contributed by atoms with Gasteiger partial charge in [0.15, 0.2) is 0 Å². The van der Waals surface area contributed by atoms with Crippen LogP contribution in [0.4, 0.5) is 5.82 Å². The minimum absolute atomic E-state index is 0.281. The smallest absolute Gasteiger partial charge is 0.225 e. The Morgan fingerprint density at radius 3 is 2.89 bits per heavy atom. The molecule has 5 heteroatoms. The monoisotopic (exact) mass is 260 g/mol. The number of hydrogen-bond donors (Lipinski definition) is 0. The van der Waals surface area contributed by atoms with Gasteiger partial charge in [-0.15, -0.1) is 0 Å². The maximum absolute atomic E-state index is 12.2. The second-order valence-corrected chi connectivity index (χ2v) is 5.82. The van der Waals surface area contributed by atoms with Gasteiger partial charge >= 0.3 is 0 Å². The molecule has 19 heavy (non-hydrogen) atoms. The molecule has 2 aliphatic heterocycles. The fourth-order valence-corrected chi connectivity index (χ4v) is 3.28. The summed E-state index contributed by atoms with van der Waals surface area (Å²) in [5, 5.41) is 0. The van der Waals surface area contributed by atoms with Gasteiger partial charge in [0, 0.05) is 31.9 Å². The van der Waals surface area contributed by atoms with E-state index in [1.54, 1.807) is 18.6 Å². The summed E-state index contributed by atoms with van der Waals surface area (Å²) in [7, 11) is 0. The summed E-state index contributed by atoms with van der Waals surface area (Å²) in [6.07, 6.45) is 6.85. The lowest BCUT2D eigenvalue weighted by Gasteiger charge is -2.26. The molecule has 0 saturated carbocycles. The van der Waals surface area contributed by atoms with E-state index < -0.39 is 0 Å². The third-order valence-electron chi connectivity index (χ3n) is 4.02. The van der Waals surface area contributed by atoms with Crippen molar-refractivity contribution in [1.82, 2.24) is 14.9 Å². The molecule has 0 radical (unpaired) electrons. The van der Waals surface area contributed by atoms with Gasteiger partial charge < -0.3 is 9.80 Å². The first kappa shape index (κ1) is 12.4. The Morgan fingerprint density at radius 1 is 1.37 bits per heavy atom. The first-order valence-electron chi connectivity index (χ1n) is 6.99. The van der Waals surface area contributed by atoms with E-state index in [0.717, 1.165) is 25.3 Å². The summed E-state index contributed by atoms with van der Waals surface area (Å²) in [5.74, 6) is 1.71. The minimum atomic E-state index is 0.281. The molecule has 2 saturated heterocycles. The summed E-state index contributed by atoms with van der Waals surface area (Å²) in [6, 6.07) is 0.639. The average molecular weight is 260 g/mol. The van der Waals surface area contributed by atoms with E-state index in [1.807, 2.05) is 0 Å². The van der Waals surface area contributed by atoms with Crippen LogP contribution in [0.2, 0.25) is 0 Å². The normalized spacial score (nSPS) is 26.4. The third kappa shape index (κ3) is 2.17. The van der Waals surface area contributed by atoms with E-state index in [9.17, 15) is 4.79 Å². The lowest BCUT2D eigenvalue weighted by Crippen LogP contribution is -2.39. The van der Waals surface area contributed by atoms with Gasteiger partial charge in [0.05, 0.1) is 18.3 Å². The molecule has 0 bridgehead atoms.